The predicted molar refractivity (Wildman–Crippen MR) is 80.1 cm³/mol. The molecule has 1 N–H and O–H groups in total. The van der Waals surface area contributed by atoms with Crippen molar-refractivity contribution in [2.75, 3.05) is 26.2 Å². The van der Waals surface area contributed by atoms with Crippen LogP contribution in [-0.2, 0) is 11.3 Å². The summed E-state index contributed by atoms with van der Waals surface area (Å²) in [6.45, 7) is 3.14. The molecule has 1 aliphatic heterocycles. The molecule has 21 heavy (non-hydrogen) atoms. The van der Waals surface area contributed by atoms with Crippen molar-refractivity contribution < 1.29 is 4.79 Å². The first-order chi connectivity index (χ1) is 10.3. The van der Waals surface area contributed by atoms with Gasteiger partial charge in [-0.15, -0.1) is 0 Å². The SMILES string of the molecule is O=C(Cn1ncc2ccccc2c1=O)N1CCCNCC1. The van der Waals surface area contributed by atoms with Crippen LogP contribution >= 0.6 is 0 Å². The lowest BCUT2D eigenvalue weighted by Gasteiger charge is -2.20. The highest BCUT2D eigenvalue weighted by Crippen LogP contribution is 2.06. The predicted octanol–water partition coefficient (Wildman–Crippen LogP) is 0.218. The molecule has 0 unspecified atom stereocenters. The van der Waals surface area contributed by atoms with E-state index in [0.29, 0.717) is 11.9 Å². The zero-order chi connectivity index (χ0) is 14.7. The maximum absolute atomic E-state index is 12.3. The first kappa shape index (κ1) is 13.8. The molecule has 1 aliphatic rings. The zero-order valence-corrected chi connectivity index (χ0v) is 11.8. The molecule has 2 aromatic rings. The van der Waals surface area contributed by atoms with E-state index >= 15 is 0 Å². The lowest BCUT2D eigenvalue weighted by Crippen LogP contribution is -2.39. The van der Waals surface area contributed by atoms with Crippen LogP contribution in [0.25, 0.3) is 10.8 Å². The van der Waals surface area contributed by atoms with E-state index in [1.54, 1.807) is 17.2 Å². The number of benzene rings is 1. The molecule has 1 amide bonds. The van der Waals surface area contributed by atoms with Gasteiger partial charge >= 0.3 is 0 Å². The van der Waals surface area contributed by atoms with E-state index in [1.165, 1.54) is 4.68 Å². The third-order valence-corrected chi connectivity index (χ3v) is 3.74. The van der Waals surface area contributed by atoms with Crippen LogP contribution in [0.15, 0.2) is 35.3 Å². The molecule has 2 heterocycles. The molecule has 0 aliphatic carbocycles. The number of fused-ring (bicyclic) bond motifs is 1. The zero-order valence-electron chi connectivity index (χ0n) is 11.8. The largest absolute Gasteiger partial charge is 0.340 e. The lowest BCUT2D eigenvalue weighted by atomic mass is 10.2. The molecule has 0 spiro atoms. The summed E-state index contributed by atoms with van der Waals surface area (Å²) in [5.74, 6) is -0.0522. The summed E-state index contributed by atoms with van der Waals surface area (Å²) in [5, 5.41) is 8.75. The third kappa shape index (κ3) is 2.95. The number of amides is 1. The average molecular weight is 286 g/mol. The molecule has 0 bridgehead atoms. The molecule has 1 saturated heterocycles. The van der Waals surface area contributed by atoms with Gasteiger partial charge in [0.2, 0.25) is 5.91 Å². The van der Waals surface area contributed by atoms with E-state index in [4.69, 9.17) is 0 Å². The quantitative estimate of drug-likeness (QED) is 0.857. The highest BCUT2D eigenvalue weighted by molar-refractivity contribution is 5.81. The van der Waals surface area contributed by atoms with Crippen molar-refractivity contribution in [1.29, 1.82) is 0 Å². The Kier molecular flexibility index (Phi) is 3.96. The molecular formula is C15H18N4O2. The van der Waals surface area contributed by atoms with Gasteiger partial charge in [-0.25, -0.2) is 4.68 Å². The van der Waals surface area contributed by atoms with Gasteiger partial charge in [0, 0.05) is 25.0 Å². The molecule has 1 aromatic heterocycles. The summed E-state index contributed by atoms with van der Waals surface area (Å²) in [5.41, 5.74) is -0.214. The summed E-state index contributed by atoms with van der Waals surface area (Å²) in [6.07, 6.45) is 2.57. The smallest absolute Gasteiger partial charge is 0.275 e. The molecule has 1 fully saturated rings. The van der Waals surface area contributed by atoms with E-state index in [0.717, 1.165) is 31.4 Å². The van der Waals surface area contributed by atoms with Crippen molar-refractivity contribution in [2.45, 2.75) is 13.0 Å². The van der Waals surface area contributed by atoms with Crippen LogP contribution in [0.4, 0.5) is 0 Å². The van der Waals surface area contributed by atoms with Crippen molar-refractivity contribution in [3.8, 4) is 0 Å². The van der Waals surface area contributed by atoms with Gasteiger partial charge in [-0.05, 0) is 19.0 Å². The maximum Gasteiger partial charge on any atom is 0.275 e. The Balaban J connectivity index is 1.82. The minimum atomic E-state index is -0.214. The number of hydrogen-bond acceptors (Lipinski definition) is 4. The van der Waals surface area contributed by atoms with E-state index in [9.17, 15) is 9.59 Å². The summed E-state index contributed by atoms with van der Waals surface area (Å²) >= 11 is 0. The van der Waals surface area contributed by atoms with Crippen molar-refractivity contribution in [3.05, 3.63) is 40.8 Å². The highest BCUT2D eigenvalue weighted by Gasteiger charge is 2.17. The van der Waals surface area contributed by atoms with Gasteiger partial charge < -0.3 is 10.2 Å². The monoisotopic (exact) mass is 286 g/mol. The number of carbonyl (C=O) groups is 1. The Hall–Kier alpha value is -2.21. The van der Waals surface area contributed by atoms with E-state index in [-0.39, 0.29) is 18.0 Å². The standard InChI is InChI=1S/C15H18N4O2/c20-14(18-8-3-6-16-7-9-18)11-19-15(21)13-5-2-1-4-12(13)10-17-19/h1-2,4-5,10,16H,3,6-9,11H2. The molecule has 6 heteroatoms. The second-order valence-electron chi connectivity index (χ2n) is 5.18. The number of nitrogens with zero attached hydrogens (tertiary/aromatic N) is 3. The molecule has 6 nitrogen and oxygen atoms in total. The van der Waals surface area contributed by atoms with Gasteiger partial charge in [0.05, 0.1) is 11.6 Å². The number of aromatic nitrogens is 2. The van der Waals surface area contributed by atoms with E-state index in [1.807, 2.05) is 18.2 Å². The minimum absolute atomic E-state index is 0.00364. The Bertz CT molecular complexity index is 702. The Morgan fingerprint density at radius 3 is 3.00 bits per heavy atom. The van der Waals surface area contributed by atoms with Crippen LogP contribution in [0.3, 0.4) is 0 Å². The first-order valence-corrected chi connectivity index (χ1v) is 7.19. The second-order valence-corrected chi connectivity index (χ2v) is 5.18. The van der Waals surface area contributed by atoms with Crippen LogP contribution < -0.4 is 10.9 Å². The molecule has 110 valence electrons. The summed E-state index contributed by atoms with van der Waals surface area (Å²) < 4.78 is 1.25. The fourth-order valence-corrected chi connectivity index (χ4v) is 2.56. The van der Waals surface area contributed by atoms with Crippen LogP contribution in [0, 0.1) is 0 Å². The Labute approximate surface area is 122 Å². The Morgan fingerprint density at radius 2 is 2.10 bits per heavy atom. The third-order valence-electron chi connectivity index (χ3n) is 3.74. The Morgan fingerprint density at radius 1 is 1.24 bits per heavy atom. The number of nitrogens with one attached hydrogen (secondary N) is 1. The van der Waals surface area contributed by atoms with Crippen LogP contribution in [0.2, 0.25) is 0 Å². The number of hydrogen-bond donors (Lipinski definition) is 1. The molecule has 1 aromatic carbocycles. The topological polar surface area (TPSA) is 67.2 Å². The van der Waals surface area contributed by atoms with Crippen molar-refractivity contribution in [1.82, 2.24) is 20.0 Å². The lowest BCUT2D eigenvalue weighted by molar-refractivity contribution is -0.131. The highest BCUT2D eigenvalue weighted by atomic mass is 16.2. The van der Waals surface area contributed by atoms with Gasteiger partial charge in [0.25, 0.3) is 5.56 Å². The van der Waals surface area contributed by atoms with Crippen LogP contribution in [0.1, 0.15) is 6.42 Å². The van der Waals surface area contributed by atoms with E-state index in [2.05, 4.69) is 10.4 Å². The number of rotatable bonds is 2. The molecular weight excluding hydrogens is 268 g/mol. The number of carbonyl (C=O) groups excluding carboxylic acids is 1. The van der Waals surface area contributed by atoms with Crippen LogP contribution in [-0.4, -0.2) is 46.8 Å². The van der Waals surface area contributed by atoms with E-state index < -0.39 is 0 Å². The van der Waals surface area contributed by atoms with Gasteiger partial charge in [-0.3, -0.25) is 9.59 Å². The molecule has 3 rings (SSSR count). The summed E-state index contributed by atoms with van der Waals surface area (Å²) in [6, 6.07) is 7.28. The fraction of sp³-hybridized carbons (Fsp3) is 0.400. The minimum Gasteiger partial charge on any atom is -0.340 e. The molecule has 0 atom stereocenters. The van der Waals surface area contributed by atoms with Gasteiger partial charge in [-0.2, -0.15) is 5.10 Å². The average Bonchev–Trinajstić information content (AvgIpc) is 2.79. The molecule has 0 radical (unpaired) electrons. The van der Waals surface area contributed by atoms with Crippen molar-refractivity contribution in [3.63, 3.8) is 0 Å². The van der Waals surface area contributed by atoms with Crippen molar-refractivity contribution >= 4 is 16.7 Å². The normalized spacial score (nSPS) is 15.9. The summed E-state index contributed by atoms with van der Waals surface area (Å²) in [7, 11) is 0. The van der Waals surface area contributed by atoms with Crippen molar-refractivity contribution in [2.24, 2.45) is 0 Å². The summed E-state index contributed by atoms with van der Waals surface area (Å²) in [4.78, 5) is 26.4. The van der Waals surface area contributed by atoms with Gasteiger partial charge in [-0.1, -0.05) is 18.2 Å². The second kappa shape index (κ2) is 6.05. The van der Waals surface area contributed by atoms with Gasteiger partial charge in [0.1, 0.15) is 6.54 Å². The fourth-order valence-electron chi connectivity index (χ4n) is 2.56. The maximum atomic E-state index is 12.3. The first-order valence-electron chi connectivity index (χ1n) is 7.19. The van der Waals surface area contributed by atoms with Gasteiger partial charge in [0.15, 0.2) is 0 Å². The molecule has 0 saturated carbocycles. The van der Waals surface area contributed by atoms with Crippen LogP contribution in [0.5, 0.6) is 0 Å².